The lowest BCUT2D eigenvalue weighted by Gasteiger charge is -2.29. The van der Waals surface area contributed by atoms with Crippen LogP contribution < -0.4 is 9.64 Å². The largest absolute Gasteiger partial charge is 0.490 e. The Kier molecular flexibility index (Phi) is 3.57. The van der Waals surface area contributed by atoms with Gasteiger partial charge >= 0.3 is 0 Å². The molecule has 1 amide bonds. The lowest BCUT2D eigenvalue weighted by atomic mass is 10.1. The van der Waals surface area contributed by atoms with Crippen molar-refractivity contribution in [2.24, 2.45) is 0 Å². The van der Waals surface area contributed by atoms with Gasteiger partial charge in [-0.15, -0.1) is 0 Å². The predicted molar refractivity (Wildman–Crippen MR) is 98.6 cm³/mol. The first-order valence-electron chi connectivity index (χ1n) is 8.49. The monoisotopic (exact) mass is 358 g/mol. The van der Waals surface area contributed by atoms with Crippen molar-refractivity contribution in [2.75, 3.05) is 18.1 Å². The van der Waals surface area contributed by atoms with E-state index in [1.54, 1.807) is 11.1 Å². The van der Waals surface area contributed by atoms with Crippen molar-refractivity contribution in [1.82, 2.24) is 15.0 Å². The molecule has 132 valence electrons. The Balaban J connectivity index is 1.51. The van der Waals surface area contributed by atoms with Gasteiger partial charge < -0.3 is 14.1 Å². The quantitative estimate of drug-likeness (QED) is 0.547. The van der Waals surface area contributed by atoms with Crippen LogP contribution in [0.3, 0.4) is 0 Å². The molecule has 0 fully saturated rings. The van der Waals surface area contributed by atoms with Gasteiger partial charge in [0.1, 0.15) is 23.6 Å². The molecule has 3 heterocycles. The van der Waals surface area contributed by atoms with E-state index in [0.29, 0.717) is 30.2 Å². The van der Waals surface area contributed by atoms with Crippen molar-refractivity contribution >= 4 is 22.7 Å². The zero-order chi connectivity index (χ0) is 18.2. The normalized spacial score (nSPS) is 13.3. The second-order valence-corrected chi connectivity index (χ2v) is 6.10. The third kappa shape index (κ3) is 2.69. The van der Waals surface area contributed by atoms with Crippen molar-refractivity contribution in [3.8, 4) is 17.0 Å². The zero-order valence-electron chi connectivity index (χ0n) is 14.2. The Morgan fingerprint density at radius 3 is 3.00 bits per heavy atom. The molecule has 0 unspecified atom stereocenters. The minimum absolute atomic E-state index is 0.208. The van der Waals surface area contributed by atoms with Crippen molar-refractivity contribution in [1.29, 1.82) is 0 Å². The average Bonchev–Trinajstić information content (AvgIpc) is 3.21. The number of nitrogens with zero attached hydrogens (tertiary/aromatic N) is 4. The van der Waals surface area contributed by atoms with Gasteiger partial charge in [0.25, 0.3) is 5.91 Å². The van der Waals surface area contributed by atoms with Crippen LogP contribution in [0.15, 0.2) is 65.7 Å². The van der Waals surface area contributed by atoms with Crippen LogP contribution in [0, 0.1) is 0 Å². The third-order valence-electron chi connectivity index (χ3n) is 4.45. The molecule has 0 saturated heterocycles. The highest BCUT2D eigenvalue weighted by Gasteiger charge is 2.25. The number of oxazole rings is 1. The molecule has 0 saturated carbocycles. The third-order valence-corrected chi connectivity index (χ3v) is 4.45. The molecular weight excluding hydrogens is 344 g/mol. The van der Waals surface area contributed by atoms with Crippen LogP contribution in [0.2, 0.25) is 0 Å². The summed E-state index contributed by atoms with van der Waals surface area (Å²) in [5.74, 6) is 0.484. The molecule has 0 spiro atoms. The summed E-state index contributed by atoms with van der Waals surface area (Å²) in [6.07, 6.45) is 4.51. The van der Waals surface area contributed by atoms with E-state index in [2.05, 4.69) is 15.0 Å². The Morgan fingerprint density at radius 1 is 1.11 bits per heavy atom. The lowest BCUT2D eigenvalue weighted by Crippen LogP contribution is -2.38. The van der Waals surface area contributed by atoms with E-state index in [1.807, 2.05) is 42.5 Å². The van der Waals surface area contributed by atoms with Gasteiger partial charge in [-0.1, -0.05) is 18.2 Å². The maximum absolute atomic E-state index is 13.1. The molecule has 0 radical (unpaired) electrons. The maximum Gasteiger partial charge on any atom is 0.278 e. The van der Waals surface area contributed by atoms with E-state index in [1.165, 1.54) is 12.6 Å². The standard InChI is InChI=1S/C20H14N4O3/c25-20(24-7-8-26-18-4-2-1-3-17(18)24)16-11-21-10-15(23-16)13-5-6-14-19(9-13)27-12-22-14/h1-6,9-12H,7-8H2. The molecule has 0 aliphatic carbocycles. The molecule has 7 nitrogen and oxygen atoms in total. The SMILES string of the molecule is O=C(c1cncc(-c2ccc3ncoc3c2)n1)N1CCOc2ccccc21. The Bertz CT molecular complexity index is 1150. The summed E-state index contributed by atoms with van der Waals surface area (Å²) in [4.78, 5) is 27.6. The number of benzene rings is 2. The zero-order valence-corrected chi connectivity index (χ0v) is 14.2. The van der Waals surface area contributed by atoms with Crippen molar-refractivity contribution in [3.63, 3.8) is 0 Å². The van der Waals surface area contributed by atoms with Gasteiger partial charge in [0.2, 0.25) is 0 Å². The van der Waals surface area contributed by atoms with Crippen LogP contribution in [0.4, 0.5) is 5.69 Å². The van der Waals surface area contributed by atoms with Crippen molar-refractivity contribution in [3.05, 3.63) is 66.9 Å². The first-order valence-corrected chi connectivity index (χ1v) is 8.49. The fourth-order valence-corrected chi connectivity index (χ4v) is 3.14. The van der Waals surface area contributed by atoms with Crippen LogP contribution in [-0.4, -0.2) is 34.0 Å². The van der Waals surface area contributed by atoms with E-state index in [9.17, 15) is 4.79 Å². The van der Waals surface area contributed by atoms with Gasteiger partial charge in [-0.05, 0) is 24.3 Å². The fraction of sp³-hybridized carbons (Fsp3) is 0.100. The summed E-state index contributed by atoms with van der Waals surface area (Å²) in [5.41, 5.74) is 3.85. The van der Waals surface area contributed by atoms with Gasteiger partial charge in [0.05, 0.1) is 30.3 Å². The number of carbonyl (C=O) groups excluding carboxylic acids is 1. The average molecular weight is 358 g/mol. The molecule has 4 aromatic rings. The number of aromatic nitrogens is 3. The van der Waals surface area contributed by atoms with E-state index in [0.717, 1.165) is 16.8 Å². The van der Waals surface area contributed by atoms with Crippen LogP contribution in [-0.2, 0) is 0 Å². The highest BCUT2D eigenvalue weighted by Crippen LogP contribution is 2.32. The topological polar surface area (TPSA) is 81.3 Å². The molecule has 0 bridgehead atoms. The Labute approximate surface area is 154 Å². The molecule has 0 N–H and O–H groups in total. The molecule has 2 aromatic carbocycles. The smallest absolute Gasteiger partial charge is 0.278 e. The van der Waals surface area contributed by atoms with Gasteiger partial charge in [-0.3, -0.25) is 9.78 Å². The van der Waals surface area contributed by atoms with Gasteiger partial charge in [-0.2, -0.15) is 0 Å². The van der Waals surface area contributed by atoms with Gasteiger partial charge in [0, 0.05) is 5.56 Å². The summed E-state index contributed by atoms with van der Waals surface area (Å²) in [5, 5.41) is 0. The molecular formula is C20H14N4O3. The molecule has 5 rings (SSSR count). The van der Waals surface area contributed by atoms with Crippen molar-refractivity contribution < 1.29 is 13.9 Å². The lowest BCUT2D eigenvalue weighted by molar-refractivity contribution is 0.0971. The molecule has 1 aliphatic heterocycles. The fourth-order valence-electron chi connectivity index (χ4n) is 3.14. The maximum atomic E-state index is 13.1. The summed E-state index contributed by atoms with van der Waals surface area (Å²) in [6.45, 7) is 0.907. The minimum atomic E-state index is -0.208. The highest BCUT2D eigenvalue weighted by molar-refractivity contribution is 6.06. The number of carbonyl (C=O) groups is 1. The number of ether oxygens (including phenoxy) is 1. The number of hydrogen-bond acceptors (Lipinski definition) is 6. The Hall–Kier alpha value is -3.74. The molecule has 7 heteroatoms. The van der Waals surface area contributed by atoms with E-state index < -0.39 is 0 Å². The number of fused-ring (bicyclic) bond motifs is 2. The van der Waals surface area contributed by atoms with Crippen LogP contribution in [0.1, 0.15) is 10.5 Å². The molecule has 0 atom stereocenters. The minimum Gasteiger partial charge on any atom is -0.490 e. The summed E-state index contributed by atoms with van der Waals surface area (Å²) in [7, 11) is 0. The Morgan fingerprint density at radius 2 is 2.04 bits per heavy atom. The van der Waals surface area contributed by atoms with Gasteiger partial charge in [0.15, 0.2) is 12.0 Å². The van der Waals surface area contributed by atoms with Crippen molar-refractivity contribution in [2.45, 2.75) is 0 Å². The molecule has 1 aliphatic rings. The van der Waals surface area contributed by atoms with E-state index >= 15 is 0 Å². The number of hydrogen-bond donors (Lipinski definition) is 0. The van der Waals surface area contributed by atoms with Gasteiger partial charge in [-0.25, -0.2) is 9.97 Å². The molecule has 2 aromatic heterocycles. The summed E-state index contributed by atoms with van der Waals surface area (Å²) >= 11 is 0. The predicted octanol–water partition coefficient (Wildman–Crippen LogP) is 3.32. The second-order valence-electron chi connectivity index (χ2n) is 6.10. The van der Waals surface area contributed by atoms with Crippen LogP contribution in [0.5, 0.6) is 5.75 Å². The van der Waals surface area contributed by atoms with E-state index in [-0.39, 0.29) is 11.6 Å². The molecule has 27 heavy (non-hydrogen) atoms. The van der Waals surface area contributed by atoms with Crippen LogP contribution >= 0.6 is 0 Å². The number of para-hydroxylation sites is 2. The number of amides is 1. The highest BCUT2D eigenvalue weighted by atomic mass is 16.5. The summed E-state index contributed by atoms with van der Waals surface area (Å²) < 4.78 is 11.0. The summed E-state index contributed by atoms with van der Waals surface area (Å²) in [6, 6.07) is 13.0. The second kappa shape index (κ2) is 6.21. The number of anilines is 1. The first-order chi connectivity index (χ1) is 13.3. The first kappa shape index (κ1) is 15.5. The van der Waals surface area contributed by atoms with Crippen LogP contribution in [0.25, 0.3) is 22.4 Å². The number of rotatable bonds is 2. The van der Waals surface area contributed by atoms with E-state index in [4.69, 9.17) is 9.15 Å².